The Balaban J connectivity index is 2.79. The molecule has 0 unspecified atom stereocenters. The molecule has 0 aliphatic heterocycles. The van der Waals surface area contributed by atoms with Crippen molar-refractivity contribution in [2.24, 2.45) is 0 Å². The summed E-state index contributed by atoms with van der Waals surface area (Å²) in [7, 11) is 0. The third kappa shape index (κ3) is 3.55. The Kier molecular flexibility index (Phi) is 4.44. The summed E-state index contributed by atoms with van der Waals surface area (Å²) in [6, 6.07) is 10.4. The van der Waals surface area contributed by atoms with Gasteiger partial charge in [0.25, 0.3) is 0 Å². The standard InChI is InChI=1S/C9H8I2/c10-7-9(11)6-8-4-2-1-3-5-8/h1-6H,7H2/b9-6-. The molecule has 58 valence electrons. The molecule has 0 N–H and O–H groups in total. The summed E-state index contributed by atoms with van der Waals surface area (Å²) >= 11 is 4.73. The van der Waals surface area contributed by atoms with Crippen molar-refractivity contribution in [1.29, 1.82) is 0 Å². The fraction of sp³-hybridized carbons (Fsp3) is 0.111. The van der Waals surface area contributed by atoms with E-state index in [1.165, 1.54) is 9.14 Å². The monoisotopic (exact) mass is 370 g/mol. The van der Waals surface area contributed by atoms with Crippen LogP contribution < -0.4 is 0 Å². The molecule has 1 aromatic carbocycles. The van der Waals surface area contributed by atoms with Crippen LogP contribution in [0.25, 0.3) is 6.08 Å². The number of halogens is 2. The van der Waals surface area contributed by atoms with Gasteiger partial charge >= 0.3 is 0 Å². The third-order valence-electron chi connectivity index (χ3n) is 1.25. The van der Waals surface area contributed by atoms with Crippen LogP contribution in [0.3, 0.4) is 0 Å². The van der Waals surface area contributed by atoms with Gasteiger partial charge in [0.15, 0.2) is 0 Å². The predicted molar refractivity (Wildman–Crippen MR) is 67.3 cm³/mol. The number of hydrogen-bond donors (Lipinski definition) is 0. The van der Waals surface area contributed by atoms with Crippen molar-refractivity contribution in [2.75, 3.05) is 4.43 Å². The zero-order chi connectivity index (χ0) is 8.10. The third-order valence-corrected chi connectivity index (χ3v) is 4.22. The average Bonchev–Trinajstić information content (AvgIpc) is 2.06. The normalized spacial score (nSPS) is 11.6. The van der Waals surface area contributed by atoms with Crippen LogP contribution in [-0.4, -0.2) is 4.43 Å². The highest BCUT2D eigenvalue weighted by Gasteiger charge is 1.88. The van der Waals surface area contributed by atoms with Crippen LogP contribution in [0.4, 0.5) is 0 Å². The maximum absolute atomic E-state index is 2.36. The minimum atomic E-state index is 1.09. The van der Waals surface area contributed by atoms with Crippen LogP contribution in [0.15, 0.2) is 33.9 Å². The Hall–Kier alpha value is 0.420. The van der Waals surface area contributed by atoms with Gasteiger partial charge in [-0.05, 0) is 34.2 Å². The summed E-state index contributed by atoms with van der Waals surface area (Å²) in [6.07, 6.45) is 2.20. The van der Waals surface area contributed by atoms with Crippen LogP contribution >= 0.6 is 45.2 Å². The quantitative estimate of drug-likeness (QED) is 0.548. The lowest BCUT2D eigenvalue weighted by Crippen LogP contribution is -1.72. The molecule has 0 aromatic heterocycles. The molecule has 0 saturated carbocycles. The first-order valence-electron chi connectivity index (χ1n) is 3.30. The predicted octanol–water partition coefficient (Wildman–Crippen LogP) is 3.90. The number of alkyl halides is 1. The van der Waals surface area contributed by atoms with E-state index >= 15 is 0 Å². The molecule has 0 aliphatic carbocycles. The summed E-state index contributed by atoms with van der Waals surface area (Å²) in [5.74, 6) is 0. The van der Waals surface area contributed by atoms with Gasteiger partial charge in [-0.1, -0.05) is 52.9 Å². The molecule has 1 aromatic rings. The van der Waals surface area contributed by atoms with Crippen molar-refractivity contribution in [3.63, 3.8) is 0 Å². The lowest BCUT2D eigenvalue weighted by molar-refractivity contribution is 1.65. The maximum atomic E-state index is 2.36. The van der Waals surface area contributed by atoms with Gasteiger partial charge in [-0.25, -0.2) is 0 Å². The molecule has 0 aliphatic rings. The van der Waals surface area contributed by atoms with E-state index in [-0.39, 0.29) is 0 Å². The van der Waals surface area contributed by atoms with E-state index in [1.807, 2.05) is 6.07 Å². The van der Waals surface area contributed by atoms with Gasteiger partial charge in [-0.15, -0.1) is 0 Å². The maximum Gasteiger partial charge on any atom is 0.0305 e. The van der Waals surface area contributed by atoms with Gasteiger partial charge < -0.3 is 0 Å². The Morgan fingerprint density at radius 1 is 1.27 bits per heavy atom. The van der Waals surface area contributed by atoms with Crippen LogP contribution in [-0.2, 0) is 0 Å². The van der Waals surface area contributed by atoms with Crippen LogP contribution in [0, 0.1) is 0 Å². The first kappa shape index (κ1) is 9.51. The van der Waals surface area contributed by atoms with Crippen LogP contribution in [0.2, 0.25) is 0 Å². The Morgan fingerprint density at radius 2 is 1.91 bits per heavy atom. The molecular formula is C9H8I2. The zero-order valence-electron chi connectivity index (χ0n) is 5.93. The smallest absolute Gasteiger partial charge is 0.0305 e. The number of allylic oxidation sites excluding steroid dienone is 1. The summed E-state index contributed by atoms with van der Waals surface area (Å²) in [6.45, 7) is 0. The second kappa shape index (κ2) is 5.13. The highest BCUT2D eigenvalue weighted by atomic mass is 127. The van der Waals surface area contributed by atoms with Crippen molar-refractivity contribution < 1.29 is 0 Å². The molecule has 0 atom stereocenters. The SMILES string of the molecule is IC/C(I)=C/c1ccccc1. The largest absolute Gasteiger partial charge is 0.0807 e. The molecule has 0 heterocycles. The molecule has 0 saturated heterocycles. The van der Waals surface area contributed by atoms with Crippen molar-refractivity contribution in [2.45, 2.75) is 0 Å². The fourth-order valence-electron chi connectivity index (χ4n) is 0.769. The van der Waals surface area contributed by atoms with Gasteiger partial charge in [0.1, 0.15) is 0 Å². The van der Waals surface area contributed by atoms with E-state index < -0.39 is 0 Å². The topological polar surface area (TPSA) is 0 Å². The first-order chi connectivity index (χ1) is 5.33. The molecular weight excluding hydrogens is 362 g/mol. The van der Waals surface area contributed by atoms with E-state index in [0.29, 0.717) is 0 Å². The molecule has 0 amide bonds. The molecule has 0 bridgehead atoms. The van der Waals surface area contributed by atoms with Gasteiger partial charge in [-0.2, -0.15) is 0 Å². The molecule has 0 spiro atoms. The van der Waals surface area contributed by atoms with E-state index in [2.05, 4.69) is 75.5 Å². The summed E-state index contributed by atoms with van der Waals surface area (Å²) in [4.78, 5) is 0. The van der Waals surface area contributed by atoms with E-state index in [4.69, 9.17) is 0 Å². The number of rotatable bonds is 2. The average molecular weight is 370 g/mol. The van der Waals surface area contributed by atoms with Crippen molar-refractivity contribution >= 4 is 51.3 Å². The number of hydrogen-bond acceptors (Lipinski definition) is 0. The molecule has 11 heavy (non-hydrogen) atoms. The molecule has 1 rings (SSSR count). The minimum Gasteiger partial charge on any atom is -0.0807 e. The van der Waals surface area contributed by atoms with Crippen molar-refractivity contribution in [3.05, 3.63) is 39.5 Å². The highest BCUT2D eigenvalue weighted by Crippen LogP contribution is 2.14. The van der Waals surface area contributed by atoms with E-state index in [1.54, 1.807) is 0 Å². The van der Waals surface area contributed by atoms with Crippen molar-refractivity contribution in [1.82, 2.24) is 0 Å². The number of benzene rings is 1. The zero-order valence-corrected chi connectivity index (χ0v) is 10.2. The summed E-state index contributed by atoms with van der Waals surface area (Å²) in [5, 5.41) is 0. The second-order valence-electron chi connectivity index (χ2n) is 2.14. The van der Waals surface area contributed by atoms with Gasteiger partial charge in [0, 0.05) is 8.01 Å². The first-order valence-corrected chi connectivity index (χ1v) is 5.90. The van der Waals surface area contributed by atoms with Crippen molar-refractivity contribution in [3.8, 4) is 0 Å². The lowest BCUT2D eigenvalue weighted by atomic mass is 10.2. The molecule has 0 radical (unpaired) electrons. The van der Waals surface area contributed by atoms with E-state index in [9.17, 15) is 0 Å². The molecule has 0 nitrogen and oxygen atoms in total. The second-order valence-corrected chi connectivity index (χ2v) is 4.28. The fourth-order valence-corrected chi connectivity index (χ4v) is 1.35. The molecule has 0 fully saturated rings. The van der Waals surface area contributed by atoms with Crippen LogP contribution in [0.5, 0.6) is 0 Å². The Bertz CT molecular complexity index is 239. The molecule has 2 heteroatoms. The minimum absolute atomic E-state index is 1.09. The van der Waals surface area contributed by atoms with Gasteiger partial charge in [0.2, 0.25) is 0 Å². The van der Waals surface area contributed by atoms with Gasteiger partial charge in [0.05, 0.1) is 0 Å². The van der Waals surface area contributed by atoms with Crippen LogP contribution in [0.1, 0.15) is 5.56 Å². The lowest BCUT2D eigenvalue weighted by Gasteiger charge is -1.92. The summed E-state index contributed by atoms with van der Waals surface area (Å²) in [5.41, 5.74) is 1.29. The summed E-state index contributed by atoms with van der Waals surface area (Å²) < 4.78 is 2.47. The Morgan fingerprint density at radius 3 is 2.45 bits per heavy atom. The van der Waals surface area contributed by atoms with Gasteiger partial charge in [-0.3, -0.25) is 0 Å². The highest BCUT2D eigenvalue weighted by molar-refractivity contribution is 14.1. The van der Waals surface area contributed by atoms with E-state index in [0.717, 1.165) is 4.43 Å². The Labute approximate surface area is 94.4 Å².